The van der Waals surface area contributed by atoms with Gasteiger partial charge in [-0.1, -0.05) is 78.9 Å². The number of hydrogen-bond donors (Lipinski definition) is 3. The van der Waals surface area contributed by atoms with E-state index >= 15 is 0 Å². The van der Waals surface area contributed by atoms with Crippen LogP contribution in [0.1, 0.15) is 21.5 Å². The highest BCUT2D eigenvalue weighted by atomic mass is 16.4. The molecular formula is C31H28N4O4. The number of carboxylic acid groups (broad SMARTS) is 1. The zero-order chi connectivity index (χ0) is 27.5. The number of carbonyl (C=O) groups is 3. The summed E-state index contributed by atoms with van der Waals surface area (Å²) < 4.78 is 0. The fraction of sp³-hybridized carbons (Fsp3) is 0.129. The molecular weight excluding hydrogens is 492 g/mol. The minimum absolute atomic E-state index is 0.118. The van der Waals surface area contributed by atoms with Crippen molar-refractivity contribution in [3.8, 4) is 0 Å². The molecule has 3 N–H and O–H groups in total. The average Bonchev–Trinajstić information content (AvgIpc) is 2.97. The molecule has 0 saturated carbocycles. The summed E-state index contributed by atoms with van der Waals surface area (Å²) in [5.41, 5.74) is 3.21. The first kappa shape index (κ1) is 26.9. The van der Waals surface area contributed by atoms with Crippen LogP contribution in [0, 0.1) is 0 Å². The van der Waals surface area contributed by atoms with Crippen LogP contribution in [0.25, 0.3) is 0 Å². The van der Waals surface area contributed by atoms with E-state index in [9.17, 15) is 19.5 Å². The molecule has 196 valence electrons. The summed E-state index contributed by atoms with van der Waals surface area (Å²) in [6.07, 6.45) is 0.312. The number of amides is 2. The Bertz CT molecular complexity index is 1410. The third-order valence-electron chi connectivity index (χ3n) is 5.97. The summed E-state index contributed by atoms with van der Waals surface area (Å²) in [5.74, 6) is -2.20. The number of rotatable bonds is 11. The van der Waals surface area contributed by atoms with Gasteiger partial charge in [0.25, 0.3) is 5.91 Å². The molecule has 0 heterocycles. The molecule has 0 aliphatic rings. The van der Waals surface area contributed by atoms with Crippen molar-refractivity contribution in [3.63, 3.8) is 0 Å². The third-order valence-corrected chi connectivity index (χ3v) is 5.97. The standard InChI is InChI=1S/C31H28N4O4/c36-29(24-16-18-26(19-17-24)35-34-25-14-8-3-9-15-25)32-27(20-22-10-4-1-5-11-22)30(37)33-28(31(38)39)21-23-12-6-2-7-13-23/h1-19,27-28H,20-21H2,(H,32,36)(H,33,37)(H,38,39)/t27-,28-/m0/s1. The second-order valence-electron chi connectivity index (χ2n) is 8.89. The normalized spacial score (nSPS) is 12.4. The van der Waals surface area contributed by atoms with E-state index in [4.69, 9.17) is 0 Å². The molecule has 0 bridgehead atoms. The zero-order valence-corrected chi connectivity index (χ0v) is 21.1. The Morgan fingerprint density at radius 1 is 0.590 bits per heavy atom. The van der Waals surface area contributed by atoms with Crippen LogP contribution in [0.15, 0.2) is 125 Å². The molecule has 39 heavy (non-hydrogen) atoms. The van der Waals surface area contributed by atoms with E-state index < -0.39 is 29.9 Å². The Labute approximate surface area is 226 Å². The maximum atomic E-state index is 13.3. The highest BCUT2D eigenvalue weighted by Crippen LogP contribution is 2.18. The number of aliphatic carboxylic acids is 1. The van der Waals surface area contributed by atoms with Gasteiger partial charge < -0.3 is 15.7 Å². The summed E-state index contributed by atoms with van der Waals surface area (Å²) >= 11 is 0. The topological polar surface area (TPSA) is 120 Å². The summed E-state index contributed by atoms with van der Waals surface area (Å²) in [6.45, 7) is 0. The smallest absolute Gasteiger partial charge is 0.326 e. The first-order valence-corrected chi connectivity index (χ1v) is 12.5. The molecule has 0 spiro atoms. The van der Waals surface area contributed by atoms with Crippen LogP contribution in [0.4, 0.5) is 11.4 Å². The first-order valence-electron chi connectivity index (χ1n) is 12.5. The summed E-state index contributed by atoms with van der Waals surface area (Å²) in [6, 6.07) is 31.9. The van der Waals surface area contributed by atoms with Crippen LogP contribution < -0.4 is 10.6 Å². The van der Waals surface area contributed by atoms with E-state index in [0.717, 1.165) is 11.1 Å². The second kappa shape index (κ2) is 13.4. The van der Waals surface area contributed by atoms with Crippen LogP contribution in [-0.2, 0) is 22.4 Å². The fourth-order valence-electron chi connectivity index (χ4n) is 3.91. The first-order chi connectivity index (χ1) is 19.0. The van der Waals surface area contributed by atoms with Gasteiger partial charge in [-0.05, 0) is 47.5 Å². The molecule has 2 atom stereocenters. The molecule has 4 aromatic rings. The van der Waals surface area contributed by atoms with Gasteiger partial charge >= 0.3 is 5.97 Å². The Balaban J connectivity index is 1.47. The van der Waals surface area contributed by atoms with E-state index in [0.29, 0.717) is 16.9 Å². The number of carbonyl (C=O) groups excluding carboxylic acids is 2. The van der Waals surface area contributed by atoms with E-state index in [2.05, 4.69) is 20.9 Å². The molecule has 8 nitrogen and oxygen atoms in total. The minimum atomic E-state index is -1.16. The molecule has 0 radical (unpaired) electrons. The summed E-state index contributed by atoms with van der Waals surface area (Å²) in [7, 11) is 0. The highest BCUT2D eigenvalue weighted by Gasteiger charge is 2.27. The Morgan fingerprint density at radius 2 is 1.05 bits per heavy atom. The van der Waals surface area contributed by atoms with Crippen LogP contribution in [-0.4, -0.2) is 35.0 Å². The maximum Gasteiger partial charge on any atom is 0.326 e. The lowest BCUT2D eigenvalue weighted by Gasteiger charge is -2.22. The van der Waals surface area contributed by atoms with E-state index in [1.165, 1.54) is 0 Å². The minimum Gasteiger partial charge on any atom is -0.480 e. The molecule has 0 aliphatic carbocycles. The van der Waals surface area contributed by atoms with Crippen molar-refractivity contribution in [1.29, 1.82) is 0 Å². The van der Waals surface area contributed by atoms with Crippen LogP contribution >= 0.6 is 0 Å². The van der Waals surface area contributed by atoms with Crippen molar-refractivity contribution in [2.45, 2.75) is 24.9 Å². The lowest BCUT2D eigenvalue weighted by molar-refractivity contribution is -0.142. The monoisotopic (exact) mass is 520 g/mol. The van der Waals surface area contributed by atoms with E-state index in [1.807, 2.05) is 78.9 Å². The van der Waals surface area contributed by atoms with Crippen LogP contribution in [0.5, 0.6) is 0 Å². The molecule has 2 amide bonds. The maximum absolute atomic E-state index is 13.3. The van der Waals surface area contributed by atoms with Crippen molar-refractivity contribution >= 4 is 29.2 Å². The predicted molar refractivity (Wildman–Crippen MR) is 148 cm³/mol. The predicted octanol–water partition coefficient (Wildman–Crippen LogP) is 5.26. The Hall–Kier alpha value is -5.11. The number of nitrogens with one attached hydrogen (secondary N) is 2. The van der Waals surface area contributed by atoms with Crippen molar-refractivity contribution in [2.24, 2.45) is 10.2 Å². The quantitative estimate of drug-likeness (QED) is 0.234. The largest absolute Gasteiger partial charge is 0.480 e. The van der Waals surface area contributed by atoms with Gasteiger partial charge in [-0.2, -0.15) is 10.2 Å². The molecule has 8 heteroatoms. The number of hydrogen-bond acceptors (Lipinski definition) is 5. The summed E-state index contributed by atoms with van der Waals surface area (Å²) in [5, 5.41) is 23.5. The zero-order valence-electron chi connectivity index (χ0n) is 21.1. The lowest BCUT2D eigenvalue weighted by atomic mass is 10.0. The number of azo groups is 1. The SMILES string of the molecule is O=C(N[C@@H](Cc1ccccc1)C(=O)N[C@@H](Cc1ccccc1)C(=O)O)c1ccc(N=Nc2ccccc2)cc1. The van der Waals surface area contributed by atoms with Crippen molar-refractivity contribution in [2.75, 3.05) is 0 Å². The molecule has 4 aromatic carbocycles. The van der Waals surface area contributed by atoms with Crippen molar-refractivity contribution in [3.05, 3.63) is 132 Å². The summed E-state index contributed by atoms with van der Waals surface area (Å²) in [4.78, 5) is 38.3. The molecule has 0 aliphatic heterocycles. The lowest BCUT2D eigenvalue weighted by Crippen LogP contribution is -2.53. The van der Waals surface area contributed by atoms with Crippen LogP contribution in [0.2, 0.25) is 0 Å². The molecule has 0 saturated heterocycles. The average molecular weight is 521 g/mol. The molecule has 4 rings (SSSR count). The highest BCUT2D eigenvalue weighted by molar-refractivity contribution is 5.98. The molecule has 0 unspecified atom stereocenters. The van der Waals surface area contributed by atoms with Gasteiger partial charge in [0.15, 0.2) is 0 Å². The van der Waals surface area contributed by atoms with E-state index in [1.54, 1.807) is 36.4 Å². The van der Waals surface area contributed by atoms with Gasteiger partial charge in [0, 0.05) is 18.4 Å². The second-order valence-corrected chi connectivity index (χ2v) is 8.89. The number of carboxylic acids is 1. The Kier molecular flexibility index (Phi) is 9.28. The number of nitrogens with zero attached hydrogens (tertiary/aromatic N) is 2. The van der Waals surface area contributed by atoms with Gasteiger partial charge in [0.05, 0.1) is 11.4 Å². The van der Waals surface area contributed by atoms with Gasteiger partial charge in [-0.25, -0.2) is 4.79 Å². The third kappa shape index (κ3) is 8.19. The van der Waals surface area contributed by atoms with Crippen molar-refractivity contribution in [1.82, 2.24) is 10.6 Å². The fourth-order valence-corrected chi connectivity index (χ4v) is 3.91. The van der Waals surface area contributed by atoms with Crippen LogP contribution in [0.3, 0.4) is 0 Å². The van der Waals surface area contributed by atoms with Gasteiger partial charge in [0.1, 0.15) is 12.1 Å². The van der Waals surface area contributed by atoms with Gasteiger partial charge in [0.2, 0.25) is 5.91 Å². The Morgan fingerprint density at radius 3 is 1.56 bits per heavy atom. The van der Waals surface area contributed by atoms with E-state index in [-0.39, 0.29) is 12.8 Å². The number of benzene rings is 4. The molecule has 0 fully saturated rings. The van der Waals surface area contributed by atoms with Crippen molar-refractivity contribution < 1.29 is 19.5 Å². The molecule has 0 aromatic heterocycles. The van der Waals surface area contributed by atoms with Gasteiger partial charge in [-0.15, -0.1) is 0 Å². The van der Waals surface area contributed by atoms with Gasteiger partial charge in [-0.3, -0.25) is 9.59 Å².